The zero-order valence-electron chi connectivity index (χ0n) is 12.5. The molecule has 2 N–H and O–H groups in total. The fourth-order valence-electron chi connectivity index (χ4n) is 3.02. The molecule has 0 radical (unpaired) electrons. The summed E-state index contributed by atoms with van der Waals surface area (Å²) in [5.41, 5.74) is 11.3. The van der Waals surface area contributed by atoms with Gasteiger partial charge in [0.25, 0.3) is 0 Å². The summed E-state index contributed by atoms with van der Waals surface area (Å²) in [4.78, 5) is 4.84. The zero-order valence-corrected chi connectivity index (χ0v) is 12.5. The maximum absolute atomic E-state index is 6.00. The molecule has 0 aliphatic carbocycles. The first-order valence-electron chi connectivity index (χ1n) is 7.44. The van der Waals surface area contributed by atoms with E-state index < -0.39 is 0 Å². The Morgan fingerprint density at radius 3 is 2.64 bits per heavy atom. The second-order valence-electron chi connectivity index (χ2n) is 5.56. The molecule has 0 amide bonds. The van der Waals surface area contributed by atoms with Crippen molar-refractivity contribution in [2.24, 2.45) is 5.73 Å². The second-order valence-corrected chi connectivity index (χ2v) is 5.56. The maximum Gasteiger partial charge on any atom is 0.140 e. The molecule has 2 heterocycles. The fraction of sp³-hybridized carbons (Fsp3) is 0.105. The summed E-state index contributed by atoms with van der Waals surface area (Å²) in [6.07, 6.45) is 2.03. The van der Waals surface area contributed by atoms with Gasteiger partial charge in [0, 0.05) is 18.3 Å². The van der Waals surface area contributed by atoms with E-state index in [1.807, 2.05) is 12.3 Å². The molecule has 3 heteroatoms. The topological polar surface area (TPSA) is 43.3 Å². The van der Waals surface area contributed by atoms with Gasteiger partial charge >= 0.3 is 0 Å². The molecule has 108 valence electrons. The molecule has 0 saturated heterocycles. The summed E-state index contributed by atoms with van der Waals surface area (Å²) >= 11 is 0. The Hall–Kier alpha value is -2.65. The highest BCUT2D eigenvalue weighted by Gasteiger charge is 2.14. The Labute approximate surface area is 129 Å². The molecule has 0 aliphatic heterocycles. The lowest BCUT2D eigenvalue weighted by Crippen LogP contribution is -2.02. The van der Waals surface area contributed by atoms with E-state index in [0.717, 1.165) is 28.2 Å². The number of aromatic nitrogens is 2. The molecule has 0 atom stereocenters. The molecule has 0 aliphatic rings. The van der Waals surface area contributed by atoms with Crippen molar-refractivity contribution in [3.05, 3.63) is 72.1 Å². The van der Waals surface area contributed by atoms with Crippen LogP contribution in [0.5, 0.6) is 0 Å². The average molecular weight is 287 g/mol. The van der Waals surface area contributed by atoms with Crippen LogP contribution in [-0.2, 0) is 6.54 Å². The quantitative estimate of drug-likeness (QED) is 0.607. The van der Waals surface area contributed by atoms with Crippen LogP contribution in [0.4, 0.5) is 0 Å². The van der Waals surface area contributed by atoms with Gasteiger partial charge in [0.2, 0.25) is 0 Å². The van der Waals surface area contributed by atoms with Gasteiger partial charge in [-0.2, -0.15) is 0 Å². The summed E-state index contributed by atoms with van der Waals surface area (Å²) in [6.45, 7) is 2.54. The average Bonchev–Trinajstić information content (AvgIpc) is 2.94. The van der Waals surface area contributed by atoms with E-state index in [4.69, 9.17) is 10.7 Å². The third kappa shape index (κ3) is 1.90. The van der Waals surface area contributed by atoms with Crippen molar-refractivity contribution in [1.82, 2.24) is 9.38 Å². The van der Waals surface area contributed by atoms with E-state index in [1.54, 1.807) is 0 Å². The van der Waals surface area contributed by atoms with Gasteiger partial charge in [0.05, 0.1) is 11.4 Å². The van der Waals surface area contributed by atoms with Crippen LogP contribution in [-0.4, -0.2) is 9.38 Å². The van der Waals surface area contributed by atoms with Gasteiger partial charge in [0.1, 0.15) is 5.65 Å². The van der Waals surface area contributed by atoms with Crippen molar-refractivity contribution >= 4 is 16.4 Å². The van der Waals surface area contributed by atoms with Crippen LogP contribution < -0.4 is 5.73 Å². The van der Waals surface area contributed by atoms with E-state index in [2.05, 4.69) is 59.9 Å². The third-order valence-corrected chi connectivity index (χ3v) is 4.16. The summed E-state index contributed by atoms with van der Waals surface area (Å²) in [6, 6.07) is 18.9. The number of benzene rings is 2. The maximum atomic E-state index is 6.00. The van der Waals surface area contributed by atoms with Crippen molar-refractivity contribution in [3.8, 4) is 11.3 Å². The number of pyridine rings is 1. The number of fused-ring (bicyclic) bond motifs is 2. The largest absolute Gasteiger partial charge is 0.325 e. The smallest absolute Gasteiger partial charge is 0.140 e. The van der Waals surface area contributed by atoms with Gasteiger partial charge in [-0.05, 0) is 35.4 Å². The standard InChI is InChI=1S/C19H17N3/c1-13-5-4-10-22-17(12-20)18(21-19(13)22)16-9-8-14-6-2-3-7-15(14)11-16/h2-11H,12,20H2,1H3. The molecule has 2 aromatic heterocycles. The number of rotatable bonds is 2. The van der Waals surface area contributed by atoms with Crippen molar-refractivity contribution < 1.29 is 0 Å². The lowest BCUT2D eigenvalue weighted by atomic mass is 10.0. The van der Waals surface area contributed by atoms with Gasteiger partial charge in [-0.3, -0.25) is 0 Å². The predicted molar refractivity (Wildman–Crippen MR) is 90.8 cm³/mol. The number of nitrogens with zero attached hydrogens (tertiary/aromatic N) is 2. The molecule has 0 bridgehead atoms. The zero-order chi connectivity index (χ0) is 15.1. The lowest BCUT2D eigenvalue weighted by molar-refractivity contribution is 0.959. The van der Waals surface area contributed by atoms with Crippen LogP contribution >= 0.6 is 0 Å². The molecule has 0 saturated carbocycles. The fourth-order valence-corrected chi connectivity index (χ4v) is 3.02. The number of hydrogen-bond donors (Lipinski definition) is 1. The van der Waals surface area contributed by atoms with Crippen LogP contribution in [0, 0.1) is 6.92 Å². The minimum Gasteiger partial charge on any atom is -0.325 e. The Morgan fingerprint density at radius 1 is 1.00 bits per heavy atom. The molecule has 3 nitrogen and oxygen atoms in total. The Morgan fingerprint density at radius 2 is 1.82 bits per heavy atom. The molecule has 0 spiro atoms. The molecule has 0 fully saturated rings. The van der Waals surface area contributed by atoms with Gasteiger partial charge < -0.3 is 10.1 Å². The number of nitrogens with two attached hydrogens (primary N) is 1. The highest BCUT2D eigenvalue weighted by atomic mass is 15.0. The van der Waals surface area contributed by atoms with Crippen LogP contribution in [0.3, 0.4) is 0 Å². The molecule has 0 unspecified atom stereocenters. The highest BCUT2D eigenvalue weighted by Crippen LogP contribution is 2.28. The first-order valence-corrected chi connectivity index (χ1v) is 7.44. The van der Waals surface area contributed by atoms with E-state index in [9.17, 15) is 0 Å². The van der Waals surface area contributed by atoms with Crippen LogP contribution in [0.25, 0.3) is 27.7 Å². The first kappa shape index (κ1) is 13.0. The summed E-state index contributed by atoms with van der Waals surface area (Å²) in [7, 11) is 0. The molecule has 4 rings (SSSR count). The van der Waals surface area contributed by atoms with Crippen LogP contribution in [0.1, 0.15) is 11.3 Å². The highest BCUT2D eigenvalue weighted by molar-refractivity contribution is 5.87. The molecule has 2 aromatic carbocycles. The summed E-state index contributed by atoms with van der Waals surface area (Å²) in [5.74, 6) is 0. The second kappa shape index (κ2) is 4.97. The van der Waals surface area contributed by atoms with Crippen molar-refractivity contribution in [2.75, 3.05) is 0 Å². The molecular formula is C19H17N3. The molecule has 4 aromatic rings. The van der Waals surface area contributed by atoms with Crippen LogP contribution in [0.15, 0.2) is 60.8 Å². The van der Waals surface area contributed by atoms with Gasteiger partial charge in [-0.25, -0.2) is 4.98 Å². The van der Waals surface area contributed by atoms with E-state index in [-0.39, 0.29) is 0 Å². The minimum absolute atomic E-state index is 0.465. The summed E-state index contributed by atoms with van der Waals surface area (Å²) in [5, 5.41) is 2.46. The third-order valence-electron chi connectivity index (χ3n) is 4.16. The normalized spacial score (nSPS) is 11.4. The minimum atomic E-state index is 0.465. The van der Waals surface area contributed by atoms with Gasteiger partial charge in [-0.1, -0.05) is 42.5 Å². The van der Waals surface area contributed by atoms with Gasteiger partial charge in [-0.15, -0.1) is 0 Å². The Balaban J connectivity index is 2.01. The van der Waals surface area contributed by atoms with Crippen molar-refractivity contribution in [3.63, 3.8) is 0 Å². The SMILES string of the molecule is Cc1cccn2c(CN)c(-c3ccc4ccccc4c3)nc12. The first-order chi connectivity index (χ1) is 10.8. The monoisotopic (exact) mass is 287 g/mol. The van der Waals surface area contributed by atoms with Crippen molar-refractivity contribution in [1.29, 1.82) is 0 Å². The lowest BCUT2D eigenvalue weighted by Gasteiger charge is -2.04. The van der Waals surface area contributed by atoms with E-state index in [1.165, 1.54) is 10.8 Å². The number of imidazole rings is 1. The Bertz CT molecular complexity index is 982. The van der Waals surface area contributed by atoms with Crippen molar-refractivity contribution in [2.45, 2.75) is 13.5 Å². The van der Waals surface area contributed by atoms with E-state index in [0.29, 0.717) is 6.54 Å². The summed E-state index contributed by atoms with van der Waals surface area (Å²) < 4.78 is 2.10. The molecular weight excluding hydrogens is 270 g/mol. The number of hydrogen-bond acceptors (Lipinski definition) is 2. The number of aryl methyl sites for hydroxylation is 1. The molecule has 22 heavy (non-hydrogen) atoms. The Kier molecular flexibility index (Phi) is 2.94. The van der Waals surface area contributed by atoms with Crippen LogP contribution in [0.2, 0.25) is 0 Å². The van der Waals surface area contributed by atoms with E-state index >= 15 is 0 Å². The van der Waals surface area contributed by atoms with Gasteiger partial charge in [0.15, 0.2) is 0 Å². The predicted octanol–water partition coefficient (Wildman–Crippen LogP) is 3.92.